The number of hydrogen-bond donors (Lipinski definition) is 3. The van der Waals surface area contributed by atoms with Crippen LogP contribution in [0.15, 0.2) is 41.4 Å². The highest BCUT2D eigenvalue weighted by molar-refractivity contribution is 14.0. The van der Waals surface area contributed by atoms with Crippen molar-refractivity contribution in [2.75, 3.05) is 6.54 Å². The Kier molecular flexibility index (Phi) is 8.70. The van der Waals surface area contributed by atoms with Gasteiger partial charge in [0.1, 0.15) is 0 Å². The third-order valence-electron chi connectivity index (χ3n) is 3.57. The summed E-state index contributed by atoms with van der Waals surface area (Å²) >= 11 is 0. The van der Waals surface area contributed by atoms with Gasteiger partial charge < -0.3 is 15.7 Å². The number of phenols is 1. The van der Waals surface area contributed by atoms with Crippen molar-refractivity contribution < 1.29 is 18.3 Å². The van der Waals surface area contributed by atoms with Crippen molar-refractivity contribution in [3.05, 3.63) is 65.0 Å². The molecule has 0 bridgehead atoms. The van der Waals surface area contributed by atoms with Gasteiger partial charge >= 0.3 is 0 Å². The van der Waals surface area contributed by atoms with Crippen LogP contribution in [-0.2, 0) is 6.54 Å². The van der Waals surface area contributed by atoms with Gasteiger partial charge in [0.2, 0.25) is 0 Å². The molecule has 0 aliphatic rings. The minimum absolute atomic E-state index is 0. The number of phenolic OH excluding ortho intramolecular Hbond substituents is 1. The molecule has 3 N–H and O–H groups in total. The summed E-state index contributed by atoms with van der Waals surface area (Å²) in [5.41, 5.74) is 1.16. The smallest absolute Gasteiger partial charge is 0.192 e. The van der Waals surface area contributed by atoms with Crippen molar-refractivity contribution in [2.24, 2.45) is 4.99 Å². The molecule has 0 saturated carbocycles. The zero-order valence-electron chi connectivity index (χ0n) is 14.4. The van der Waals surface area contributed by atoms with E-state index in [-0.39, 0.29) is 36.6 Å². The molecule has 2 rings (SSSR count). The first-order valence-corrected chi connectivity index (χ1v) is 7.88. The lowest BCUT2D eigenvalue weighted by molar-refractivity contribution is 0.432. The molecule has 0 radical (unpaired) electrons. The molecule has 1 unspecified atom stereocenters. The Morgan fingerprint density at radius 3 is 2.42 bits per heavy atom. The normalized spacial score (nSPS) is 12.3. The van der Waals surface area contributed by atoms with Crippen LogP contribution in [0, 0.1) is 17.5 Å². The maximum Gasteiger partial charge on any atom is 0.192 e. The number of aromatic hydroxyl groups is 1. The second-order valence-corrected chi connectivity index (χ2v) is 5.52. The average molecular weight is 479 g/mol. The van der Waals surface area contributed by atoms with Crippen LogP contribution in [0.2, 0.25) is 0 Å². The van der Waals surface area contributed by atoms with E-state index in [1.54, 1.807) is 13.0 Å². The average Bonchev–Trinajstić information content (AvgIpc) is 2.58. The minimum atomic E-state index is -0.910. The van der Waals surface area contributed by atoms with Crippen molar-refractivity contribution in [1.29, 1.82) is 0 Å². The molecule has 1 atom stereocenters. The first-order valence-electron chi connectivity index (χ1n) is 7.88. The van der Waals surface area contributed by atoms with Crippen LogP contribution >= 0.6 is 24.0 Å². The third kappa shape index (κ3) is 6.08. The Labute approximate surface area is 167 Å². The molecular weight excluding hydrogens is 458 g/mol. The van der Waals surface area contributed by atoms with Crippen molar-refractivity contribution in [1.82, 2.24) is 10.6 Å². The molecule has 142 valence electrons. The van der Waals surface area contributed by atoms with Gasteiger partial charge in [0, 0.05) is 6.54 Å². The Morgan fingerprint density at radius 1 is 1.08 bits per heavy atom. The standard InChI is InChI=1S/C18H20F3N3O.HI/c1-3-22-18(23-10-12-4-7-17(25)16(21)8-12)24-11(2)13-5-6-14(19)15(20)9-13;/h4-9,11,25H,3,10H2,1-2H3,(H2,22,23,24);1H. The Hall–Kier alpha value is -1.97. The summed E-state index contributed by atoms with van der Waals surface area (Å²) in [5, 5.41) is 15.3. The number of nitrogens with one attached hydrogen (secondary N) is 2. The van der Waals surface area contributed by atoms with Crippen LogP contribution in [0.3, 0.4) is 0 Å². The topological polar surface area (TPSA) is 56.7 Å². The molecule has 0 heterocycles. The van der Waals surface area contributed by atoms with Crippen molar-refractivity contribution in [3.8, 4) is 5.75 Å². The van der Waals surface area contributed by atoms with E-state index in [9.17, 15) is 18.3 Å². The molecule has 4 nitrogen and oxygen atoms in total. The predicted octanol–water partition coefficient (Wildman–Crippen LogP) is 4.24. The quantitative estimate of drug-likeness (QED) is 0.342. The fourth-order valence-electron chi connectivity index (χ4n) is 2.21. The number of rotatable bonds is 5. The lowest BCUT2D eigenvalue weighted by Crippen LogP contribution is -2.38. The van der Waals surface area contributed by atoms with Gasteiger partial charge in [-0.05, 0) is 49.2 Å². The first kappa shape index (κ1) is 22.1. The molecule has 0 aliphatic carbocycles. The second kappa shape index (κ2) is 10.2. The number of nitrogens with zero attached hydrogens (tertiary/aromatic N) is 1. The molecule has 0 saturated heterocycles. The van der Waals surface area contributed by atoms with E-state index in [0.29, 0.717) is 23.6 Å². The predicted molar refractivity (Wildman–Crippen MR) is 106 cm³/mol. The summed E-state index contributed by atoms with van der Waals surface area (Å²) in [5.74, 6) is -2.47. The minimum Gasteiger partial charge on any atom is -0.505 e. The van der Waals surface area contributed by atoms with E-state index in [2.05, 4.69) is 15.6 Å². The van der Waals surface area contributed by atoms with E-state index in [1.807, 2.05) is 6.92 Å². The van der Waals surface area contributed by atoms with Crippen LogP contribution in [0.25, 0.3) is 0 Å². The summed E-state index contributed by atoms with van der Waals surface area (Å²) in [4.78, 5) is 4.34. The van der Waals surface area contributed by atoms with Crippen LogP contribution in [-0.4, -0.2) is 17.6 Å². The van der Waals surface area contributed by atoms with Gasteiger partial charge in [-0.25, -0.2) is 18.2 Å². The van der Waals surface area contributed by atoms with E-state index in [4.69, 9.17) is 0 Å². The monoisotopic (exact) mass is 479 g/mol. The Morgan fingerprint density at radius 2 is 1.81 bits per heavy atom. The van der Waals surface area contributed by atoms with Crippen LogP contribution in [0.5, 0.6) is 5.75 Å². The highest BCUT2D eigenvalue weighted by Gasteiger charge is 2.11. The van der Waals surface area contributed by atoms with E-state index in [1.165, 1.54) is 18.2 Å². The number of hydrogen-bond acceptors (Lipinski definition) is 2. The van der Waals surface area contributed by atoms with E-state index in [0.717, 1.165) is 12.1 Å². The summed E-state index contributed by atoms with van der Waals surface area (Å²) in [6.45, 7) is 4.47. The van der Waals surface area contributed by atoms with Gasteiger partial charge in [-0.15, -0.1) is 24.0 Å². The lowest BCUT2D eigenvalue weighted by atomic mass is 10.1. The second-order valence-electron chi connectivity index (χ2n) is 5.52. The summed E-state index contributed by atoms with van der Waals surface area (Å²) in [6, 6.07) is 7.44. The fourth-order valence-corrected chi connectivity index (χ4v) is 2.21. The van der Waals surface area contributed by atoms with Gasteiger partial charge in [0.25, 0.3) is 0 Å². The van der Waals surface area contributed by atoms with Crippen LogP contribution in [0.4, 0.5) is 13.2 Å². The van der Waals surface area contributed by atoms with Crippen molar-refractivity contribution in [3.63, 3.8) is 0 Å². The molecule has 0 spiro atoms. The third-order valence-corrected chi connectivity index (χ3v) is 3.57. The van der Waals surface area contributed by atoms with Gasteiger partial charge in [0.15, 0.2) is 29.2 Å². The van der Waals surface area contributed by atoms with Gasteiger partial charge in [-0.3, -0.25) is 0 Å². The number of benzene rings is 2. The molecule has 2 aromatic carbocycles. The van der Waals surface area contributed by atoms with Crippen LogP contribution < -0.4 is 10.6 Å². The van der Waals surface area contributed by atoms with Gasteiger partial charge in [-0.2, -0.15) is 0 Å². The van der Waals surface area contributed by atoms with Crippen molar-refractivity contribution in [2.45, 2.75) is 26.4 Å². The molecule has 8 heteroatoms. The van der Waals surface area contributed by atoms with Crippen molar-refractivity contribution >= 4 is 29.9 Å². The zero-order valence-corrected chi connectivity index (χ0v) is 16.7. The highest BCUT2D eigenvalue weighted by Crippen LogP contribution is 2.17. The number of halogens is 4. The lowest BCUT2D eigenvalue weighted by Gasteiger charge is -2.18. The molecule has 2 aromatic rings. The van der Waals surface area contributed by atoms with E-state index < -0.39 is 23.2 Å². The Balaban J connectivity index is 0.00000338. The zero-order chi connectivity index (χ0) is 18.4. The number of guanidine groups is 1. The van der Waals surface area contributed by atoms with E-state index >= 15 is 0 Å². The highest BCUT2D eigenvalue weighted by atomic mass is 127. The largest absolute Gasteiger partial charge is 0.505 e. The molecule has 26 heavy (non-hydrogen) atoms. The summed E-state index contributed by atoms with van der Waals surface area (Å²) in [6.07, 6.45) is 0. The van der Waals surface area contributed by atoms with Gasteiger partial charge in [0.05, 0.1) is 12.6 Å². The fraction of sp³-hybridized carbons (Fsp3) is 0.278. The molecule has 0 aliphatic heterocycles. The molecule has 0 aromatic heterocycles. The van der Waals surface area contributed by atoms with Gasteiger partial charge in [-0.1, -0.05) is 12.1 Å². The SMILES string of the molecule is CCNC(=NCc1ccc(O)c(F)c1)NC(C)c1ccc(F)c(F)c1.I. The maximum absolute atomic E-state index is 13.4. The maximum atomic E-state index is 13.4. The molecule has 0 amide bonds. The Bertz CT molecular complexity index is 771. The van der Waals surface area contributed by atoms with Crippen LogP contribution in [0.1, 0.15) is 31.0 Å². The summed E-state index contributed by atoms with van der Waals surface area (Å²) in [7, 11) is 0. The summed E-state index contributed by atoms with van der Waals surface area (Å²) < 4.78 is 39.8. The number of aliphatic imine (C=N–C) groups is 1. The molecule has 0 fully saturated rings. The molecular formula is C18H21F3IN3O. The first-order chi connectivity index (χ1) is 11.9.